The summed E-state index contributed by atoms with van der Waals surface area (Å²) in [6.45, 7) is 3.60. The van der Waals surface area contributed by atoms with Crippen molar-refractivity contribution in [1.82, 2.24) is 15.8 Å². The van der Waals surface area contributed by atoms with Gasteiger partial charge in [-0.1, -0.05) is 11.6 Å². The van der Waals surface area contributed by atoms with Gasteiger partial charge >= 0.3 is 0 Å². The minimum atomic E-state index is -0.287. The van der Waals surface area contributed by atoms with Crippen LogP contribution < -0.4 is 15.6 Å². The van der Waals surface area contributed by atoms with E-state index in [-0.39, 0.29) is 18.4 Å². The van der Waals surface area contributed by atoms with Gasteiger partial charge in [0.15, 0.2) is 0 Å². The highest BCUT2D eigenvalue weighted by Gasteiger charge is 2.18. The Morgan fingerprint density at radius 1 is 1.24 bits per heavy atom. The van der Waals surface area contributed by atoms with E-state index in [1.54, 1.807) is 24.3 Å². The third kappa shape index (κ3) is 5.00. The van der Waals surface area contributed by atoms with E-state index in [2.05, 4.69) is 17.8 Å². The molecule has 1 saturated heterocycles. The Morgan fingerprint density at radius 2 is 1.86 bits per heavy atom. The smallest absolute Gasteiger partial charge is 0.253 e. The number of halogens is 1. The van der Waals surface area contributed by atoms with Crippen LogP contribution in [-0.2, 0) is 4.79 Å². The molecule has 0 unspecified atom stereocenters. The number of nitrogens with zero attached hydrogens (tertiary/aromatic N) is 1. The molecule has 0 atom stereocenters. The maximum absolute atomic E-state index is 11.8. The summed E-state index contributed by atoms with van der Waals surface area (Å²) in [5.74, 6) is -0.499. The fraction of sp³-hybridized carbons (Fsp3) is 0.429. The molecule has 6 nitrogen and oxygen atoms in total. The van der Waals surface area contributed by atoms with Gasteiger partial charge in [0.1, 0.15) is 0 Å². The fourth-order valence-electron chi connectivity index (χ4n) is 2.08. The van der Waals surface area contributed by atoms with Crippen LogP contribution >= 0.6 is 11.6 Å². The van der Waals surface area contributed by atoms with Gasteiger partial charge in [-0.25, -0.2) is 5.01 Å². The molecule has 114 valence electrons. The Balaban J connectivity index is 1.73. The minimum absolute atomic E-state index is 0.0410. The van der Waals surface area contributed by atoms with Crippen LogP contribution in [0.15, 0.2) is 24.3 Å². The first-order valence-electron chi connectivity index (χ1n) is 6.94. The molecule has 7 heteroatoms. The molecule has 0 aliphatic carbocycles. The lowest BCUT2D eigenvalue weighted by Crippen LogP contribution is -3.12. The lowest BCUT2D eigenvalue weighted by atomic mass is 10.2. The highest BCUT2D eigenvalue weighted by molar-refractivity contribution is 6.30. The molecular formula is C14H20ClN4O2+. The molecule has 1 aliphatic heterocycles. The molecule has 0 aromatic heterocycles. The zero-order chi connectivity index (χ0) is 15.2. The molecule has 2 rings (SSSR count). The number of amides is 2. The van der Waals surface area contributed by atoms with Crippen LogP contribution in [0, 0.1) is 0 Å². The zero-order valence-electron chi connectivity index (χ0n) is 12.0. The summed E-state index contributed by atoms with van der Waals surface area (Å²) in [6, 6.07) is 6.53. The van der Waals surface area contributed by atoms with Gasteiger partial charge in [0.2, 0.25) is 0 Å². The van der Waals surface area contributed by atoms with E-state index in [1.165, 1.54) is 4.90 Å². The first-order chi connectivity index (χ1) is 10.0. The Kier molecular flexibility index (Phi) is 5.55. The number of nitrogens with one attached hydrogen (secondary N) is 3. The second kappa shape index (κ2) is 7.40. The second-order valence-corrected chi connectivity index (χ2v) is 5.61. The Bertz CT molecular complexity index is 498. The van der Waals surface area contributed by atoms with Crippen molar-refractivity contribution < 1.29 is 14.5 Å². The van der Waals surface area contributed by atoms with Gasteiger partial charge in [0.05, 0.1) is 39.8 Å². The summed E-state index contributed by atoms with van der Waals surface area (Å²) in [4.78, 5) is 25.1. The molecule has 1 aromatic carbocycles. The van der Waals surface area contributed by atoms with Gasteiger partial charge in [0.25, 0.3) is 11.8 Å². The van der Waals surface area contributed by atoms with Crippen molar-refractivity contribution in [1.29, 1.82) is 0 Å². The van der Waals surface area contributed by atoms with Gasteiger partial charge in [-0.3, -0.25) is 15.0 Å². The van der Waals surface area contributed by atoms with Crippen molar-refractivity contribution in [2.75, 3.05) is 39.8 Å². The van der Waals surface area contributed by atoms with Gasteiger partial charge in [-0.2, -0.15) is 0 Å². The summed E-state index contributed by atoms with van der Waals surface area (Å²) < 4.78 is 0. The molecule has 21 heavy (non-hydrogen) atoms. The third-order valence-electron chi connectivity index (χ3n) is 3.42. The summed E-state index contributed by atoms with van der Waals surface area (Å²) in [7, 11) is 2.13. The summed E-state index contributed by atoms with van der Waals surface area (Å²) in [5.41, 5.74) is 3.28. The predicted octanol–water partition coefficient (Wildman–Crippen LogP) is -1.07. The molecule has 1 aliphatic rings. The first-order valence-corrected chi connectivity index (χ1v) is 7.32. The van der Waals surface area contributed by atoms with Crippen molar-refractivity contribution in [3.63, 3.8) is 0 Å². The average Bonchev–Trinajstić information content (AvgIpc) is 2.48. The SMILES string of the molecule is C[NH+]1CCN(NC(=O)CNC(=O)c2ccc(Cl)cc2)CC1. The molecule has 2 amide bonds. The van der Waals surface area contributed by atoms with Crippen LogP contribution in [0.4, 0.5) is 0 Å². The van der Waals surface area contributed by atoms with Crippen molar-refractivity contribution in [2.45, 2.75) is 0 Å². The van der Waals surface area contributed by atoms with Crippen LogP contribution in [0.2, 0.25) is 5.02 Å². The van der Waals surface area contributed by atoms with Gasteiger partial charge in [0, 0.05) is 10.6 Å². The molecule has 0 bridgehead atoms. The van der Waals surface area contributed by atoms with E-state index in [9.17, 15) is 9.59 Å². The summed E-state index contributed by atoms with van der Waals surface area (Å²) in [6.07, 6.45) is 0. The topological polar surface area (TPSA) is 65.9 Å². The number of hydrogen-bond acceptors (Lipinski definition) is 3. The number of hydrazine groups is 1. The van der Waals surface area contributed by atoms with Crippen LogP contribution in [-0.4, -0.2) is 56.6 Å². The van der Waals surface area contributed by atoms with Crippen molar-refractivity contribution >= 4 is 23.4 Å². The van der Waals surface area contributed by atoms with E-state index in [0.29, 0.717) is 10.6 Å². The highest BCUT2D eigenvalue weighted by Crippen LogP contribution is 2.09. The van der Waals surface area contributed by atoms with E-state index in [0.717, 1.165) is 26.2 Å². The average molecular weight is 312 g/mol. The number of piperazine rings is 1. The lowest BCUT2D eigenvalue weighted by Gasteiger charge is -2.30. The largest absolute Gasteiger partial charge is 0.343 e. The number of carbonyl (C=O) groups excluding carboxylic acids is 2. The van der Waals surface area contributed by atoms with Gasteiger partial charge in [-0.15, -0.1) is 0 Å². The Hall–Kier alpha value is -1.63. The van der Waals surface area contributed by atoms with Crippen LogP contribution in [0.1, 0.15) is 10.4 Å². The van der Waals surface area contributed by atoms with Crippen LogP contribution in [0.25, 0.3) is 0 Å². The molecule has 1 aromatic rings. The number of benzene rings is 1. The maximum atomic E-state index is 11.8. The molecular weight excluding hydrogens is 292 g/mol. The third-order valence-corrected chi connectivity index (χ3v) is 3.67. The molecule has 0 radical (unpaired) electrons. The van der Waals surface area contributed by atoms with Crippen molar-refractivity contribution in [2.24, 2.45) is 0 Å². The van der Waals surface area contributed by atoms with Crippen LogP contribution in [0.5, 0.6) is 0 Å². The predicted molar refractivity (Wildman–Crippen MR) is 80.1 cm³/mol. The van der Waals surface area contributed by atoms with Crippen molar-refractivity contribution in [3.05, 3.63) is 34.9 Å². The Morgan fingerprint density at radius 3 is 2.48 bits per heavy atom. The number of quaternary nitrogens is 1. The summed E-state index contributed by atoms with van der Waals surface area (Å²) in [5, 5.41) is 5.05. The van der Waals surface area contributed by atoms with E-state index in [4.69, 9.17) is 11.6 Å². The van der Waals surface area contributed by atoms with Crippen molar-refractivity contribution in [3.8, 4) is 0 Å². The number of rotatable bonds is 4. The number of hydrogen-bond donors (Lipinski definition) is 3. The van der Waals surface area contributed by atoms with E-state index >= 15 is 0 Å². The quantitative estimate of drug-likeness (QED) is 0.663. The fourth-order valence-corrected chi connectivity index (χ4v) is 2.21. The summed E-state index contributed by atoms with van der Waals surface area (Å²) >= 11 is 5.76. The normalized spacial score (nSPS) is 16.5. The molecule has 1 fully saturated rings. The van der Waals surface area contributed by atoms with Gasteiger partial charge < -0.3 is 10.2 Å². The molecule has 0 saturated carbocycles. The van der Waals surface area contributed by atoms with E-state index in [1.807, 2.05) is 5.01 Å². The monoisotopic (exact) mass is 311 g/mol. The lowest BCUT2D eigenvalue weighted by molar-refractivity contribution is -0.884. The van der Waals surface area contributed by atoms with E-state index < -0.39 is 0 Å². The standard InChI is InChI=1S/C14H19ClN4O2/c1-18-6-8-19(9-7-18)17-13(20)10-16-14(21)11-2-4-12(15)5-3-11/h2-5H,6-10H2,1H3,(H,16,21)(H,17,20)/p+1. The molecule has 1 heterocycles. The Labute approximate surface area is 129 Å². The van der Waals surface area contributed by atoms with Gasteiger partial charge in [-0.05, 0) is 24.3 Å². The molecule has 3 N–H and O–H groups in total. The minimum Gasteiger partial charge on any atom is -0.343 e. The first kappa shape index (κ1) is 15.8. The molecule has 0 spiro atoms. The maximum Gasteiger partial charge on any atom is 0.253 e. The number of carbonyl (C=O) groups is 2. The van der Waals surface area contributed by atoms with Crippen LogP contribution in [0.3, 0.4) is 0 Å². The second-order valence-electron chi connectivity index (χ2n) is 5.17. The zero-order valence-corrected chi connectivity index (χ0v) is 12.7. The number of likely N-dealkylation sites (N-methyl/N-ethyl adjacent to an activating group) is 1. The highest BCUT2D eigenvalue weighted by atomic mass is 35.5.